The first kappa shape index (κ1) is 6.31. The van der Waals surface area contributed by atoms with Gasteiger partial charge in [0, 0.05) is 0 Å². The van der Waals surface area contributed by atoms with Crippen molar-refractivity contribution in [3.05, 3.63) is 0 Å². The molecular formula is C4H8N2O3. The van der Waals surface area contributed by atoms with Crippen LogP contribution in [0.4, 0.5) is 4.79 Å². The average Bonchev–Trinajstić information content (AvgIpc) is 1.79. The molecule has 0 aromatic carbocycles. The predicted octanol–water partition coefficient (Wildman–Crippen LogP) is -1.67. The van der Waals surface area contributed by atoms with Crippen LogP contribution in [-0.2, 0) is 0 Å². The number of carbonyl (C=O) groups excluding carboxylic acids is 1. The molecule has 1 fully saturated rings. The van der Waals surface area contributed by atoms with Gasteiger partial charge < -0.3 is 20.8 Å². The van der Waals surface area contributed by atoms with Gasteiger partial charge in [-0.2, -0.15) is 0 Å². The first-order valence-corrected chi connectivity index (χ1v) is 2.51. The normalized spacial score (nSPS) is 42.1. The zero-order valence-corrected chi connectivity index (χ0v) is 4.88. The van der Waals surface area contributed by atoms with Crippen molar-refractivity contribution in [3.8, 4) is 0 Å². The van der Waals surface area contributed by atoms with Gasteiger partial charge >= 0.3 is 6.03 Å². The Morgan fingerprint density at radius 2 is 2.33 bits per heavy atom. The molecule has 1 heterocycles. The molecule has 0 aliphatic carbocycles. The highest BCUT2D eigenvalue weighted by molar-refractivity contribution is 5.77. The fourth-order valence-electron chi connectivity index (χ4n) is 0.599. The second-order valence-corrected chi connectivity index (χ2v) is 2.15. The quantitative estimate of drug-likeness (QED) is 0.318. The average molecular weight is 132 g/mol. The van der Waals surface area contributed by atoms with E-state index >= 15 is 0 Å². The number of aliphatic hydroxyl groups excluding tert-OH is 1. The highest BCUT2D eigenvalue weighted by Gasteiger charge is 2.39. The second-order valence-electron chi connectivity index (χ2n) is 2.15. The van der Waals surface area contributed by atoms with Crippen LogP contribution in [0.5, 0.6) is 0 Å². The standard InChI is InChI=1S/C4H8N2O3/c1-4(9)2(7)5-3(8)6-4/h2,7,9H,1H3,(H2,5,6,8). The second kappa shape index (κ2) is 1.58. The lowest BCUT2D eigenvalue weighted by Gasteiger charge is -2.17. The molecule has 9 heavy (non-hydrogen) atoms. The molecule has 0 aromatic rings. The SMILES string of the molecule is CC1(O)NC(=O)NC1O. The summed E-state index contributed by atoms with van der Waals surface area (Å²) >= 11 is 0. The number of aliphatic hydroxyl groups is 2. The van der Waals surface area contributed by atoms with E-state index in [9.17, 15) is 4.79 Å². The molecule has 52 valence electrons. The Bertz CT molecular complexity index is 145. The number of hydrogen-bond donors (Lipinski definition) is 4. The Labute approximate surface area is 51.7 Å². The van der Waals surface area contributed by atoms with Crippen molar-refractivity contribution in [1.29, 1.82) is 0 Å². The van der Waals surface area contributed by atoms with Crippen molar-refractivity contribution in [2.45, 2.75) is 18.9 Å². The van der Waals surface area contributed by atoms with E-state index in [2.05, 4.69) is 10.6 Å². The van der Waals surface area contributed by atoms with Crippen LogP contribution in [0.2, 0.25) is 0 Å². The fraction of sp³-hybridized carbons (Fsp3) is 0.750. The summed E-state index contributed by atoms with van der Waals surface area (Å²) in [4.78, 5) is 10.3. The molecule has 1 saturated heterocycles. The van der Waals surface area contributed by atoms with Crippen LogP contribution < -0.4 is 10.6 Å². The topological polar surface area (TPSA) is 81.6 Å². The van der Waals surface area contributed by atoms with Crippen molar-refractivity contribution in [3.63, 3.8) is 0 Å². The van der Waals surface area contributed by atoms with Crippen molar-refractivity contribution in [2.75, 3.05) is 0 Å². The summed E-state index contributed by atoms with van der Waals surface area (Å²) in [5.74, 6) is 0. The van der Waals surface area contributed by atoms with Gasteiger partial charge in [0.2, 0.25) is 0 Å². The minimum atomic E-state index is -1.53. The third kappa shape index (κ3) is 0.962. The summed E-state index contributed by atoms with van der Waals surface area (Å²) in [5.41, 5.74) is -1.53. The maximum Gasteiger partial charge on any atom is 0.319 e. The number of hydrogen-bond acceptors (Lipinski definition) is 3. The molecule has 4 N–H and O–H groups in total. The summed E-state index contributed by atoms with van der Waals surface area (Å²) in [6.07, 6.45) is -1.22. The summed E-state index contributed by atoms with van der Waals surface area (Å²) in [5, 5.41) is 21.9. The summed E-state index contributed by atoms with van der Waals surface area (Å²) in [6.45, 7) is 1.30. The van der Waals surface area contributed by atoms with E-state index in [1.807, 2.05) is 0 Å². The minimum absolute atomic E-state index is 0.562. The van der Waals surface area contributed by atoms with E-state index < -0.39 is 18.0 Å². The lowest BCUT2D eigenvalue weighted by atomic mass is 10.2. The van der Waals surface area contributed by atoms with Crippen LogP contribution in [0.15, 0.2) is 0 Å². The van der Waals surface area contributed by atoms with Gasteiger partial charge in [-0.05, 0) is 6.92 Å². The number of rotatable bonds is 0. The highest BCUT2D eigenvalue weighted by Crippen LogP contribution is 2.07. The number of carbonyl (C=O) groups is 1. The van der Waals surface area contributed by atoms with Gasteiger partial charge in [-0.25, -0.2) is 4.79 Å². The van der Waals surface area contributed by atoms with Crippen LogP contribution in [0, 0.1) is 0 Å². The molecular weight excluding hydrogens is 124 g/mol. The van der Waals surface area contributed by atoms with Gasteiger partial charge in [0.25, 0.3) is 0 Å². The third-order valence-electron chi connectivity index (χ3n) is 1.17. The van der Waals surface area contributed by atoms with E-state index in [0.717, 1.165) is 0 Å². The largest absolute Gasteiger partial charge is 0.369 e. The Morgan fingerprint density at radius 3 is 2.44 bits per heavy atom. The van der Waals surface area contributed by atoms with Crippen LogP contribution in [0.1, 0.15) is 6.92 Å². The van der Waals surface area contributed by atoms with Gasteiger partial charge in [-0.1, -0.05) is 0 Å². The predicted molar refractivity (Wildman–Crippen MR) is 28.3 cm³/mol. The lowest BCUT2D eigenvalue weighted by molar-refractivity contribution is -0.0605. The molecule has 2 amide bonds. The van der Waals surface area contributed by atoms with Gasteiger partial charge in [-0.3, -0.25) is 0 Å². The third-order valence-corrected chi connectivity index (χ3v) is 1.17. The van der Waals surface area contributed by atoms with Crippen LogP contribution in [0.3, 0.4) is 0 Å². The molecule has 2 unspecified atom stereocenters. The lowest BCUT2D eigenvalue weighted by Crippen LogP contribution is -2.46. The zero-order valence-electron chi connectivity index (χ0n) is 4.88. The van der Waals surface area contributed by atoms with E-state index in [1.165, 1.54) is 6.92 Å². The Hall–Kier alpha value is -0.810. The molecule has 0 spiro atoms. The van der Waals surface area contributed by atoms with Crippen LogP contribution in [0.25, 0.3) is 0 Å². The molecule has 0 saturated carbocycles. The highest BCUT2D eigenvalue weighted by atomic mass is 16.4. The molecule has 2 atom stereocenters. The van der Waals surface area contributed by atoms with Gasteiger partial charge in [0.1, 0.15) is 0 Å². The monoisotopic (exact) mass is 132 g/mol. The smallest absolute Gasteiger partial charge is 0.319 e. The molecule has 0 aromatic heterocycles. The first-order chi connectivity index (χ1) is 4.02. The van der Waals surface area contributed by atoms with Crippen molar-refractivity contribution in [2.24, 2.45) is 0 Å². The molecule has 0 bridgehead atoms. The molecule has 0 radical (unpaired) electrons. The zero-order chi connectivity index (χ0) is 7.07. The van der Waals surface area contributed by atoms with Gasteiger partial charge in [0.05, 0.1) is 0 Å². The maximum absolute atomic E-state index is 10.3. The maximum atomic E-state index is 10.3. The van der Waals surface area contributed by atoms with E-state index in [4.69, 9.17) is 10.2 Å². The summed E-state index contributed by atoms with van der Waals surface area (Å²) < 4.78 is 0. The number of urea groups is 1. The van der Waals surface area contributed by atoms with E-state index in [1.54, 1.807) is 0 Å². The number of nitrogens with one attached hydrogen (secondary N) is 2. The minimum Gasteiger partial charge on any atom is -0.369 e. The Balaban J connectivity index is 2.69. The molecule has 5 nitrogen and oxygen atoms in total. The fourth-order valence-corrected chi connectivity index (χ4v) is 0.599. The molecule has 1 aliphatic heterocycles. The van der Waals surface area contributed by atoms with E-state index in [-0.39, 0.29) is 0 Å². The number of amides is 2. The summed E-state index contributed by atoms with van der Waals surface area (Å²) in [7, 11) is 0. The van der Waals surface area contributed by atoms with Crippen LogP contribution in [-0.4, -0.2) is 28.2 Å². The van der Waals surface area contributed by atoms with Crippen LogP contribution >= 0.6 is 0 Å². The molecule has 1 aliphatic rings. The van der Waals surface area contributed by atoms with Gasteiger partial charge in [-0.15, -0.1) is 0 Å². The van der Waals surface area contributed by atoms with Gasteiger partial charge in [0.15, 0.2) is 12.0 Å². The van der Waals surface area contributed by atoms with Crippen molar-refractivity contribution < 1.29 is 15.0 Å². The van der Waals surface area contributed by atoms with Crippen molar-refractivity contribution >= 4 is 6.03 Å². The molecule has 1 rings (SSSR count). The molecule has 5 heteroatoms. The van der Waals surface area contributed by atoms with E-state index in [0.29, 0.717) is 0 Å². The first-order valence-electron chi connectivity index (χ1n) is 2.51. The Kier molecular flexibility index (Phi) is 1.11. The summed E-state index contributed by atoms with van der Waals surface area (Å²) in [6, 6.07) is -0.562. The Morgan fingerprint density at radius 1 is 1.78 bits per heavy atom. The van der Waals surface area contributed by atoms with Crippen molar-refractivity contribution in [1.82, 2.24) is 10.6 Å².